The van der Waals surface area contributed by atoms with Crippen LogP contribution in [0.5, 0.6) is 5.75 Å². The first-order valence-electron chi connectivity index (χ1n) is 5.23. The lowest BCUT2D eigenvalue weighted by molar-refractivity contribution is 0.0686. The van der Waals surface area contributed by atoms with Crippen LogP contribution in [0.3, 0.4) is 0 Å². The van der Waals surface area contributed by atoms with Gasteiger partial charge in [0.25, 0.3) is 0 Å². The molecule has 1 aromatic carbocycles. The molecule has 0 radical (unpaired) electrons. The molecule has 0 saturated carbocycles. The monoisotopic (exact) mass is 248 g/mol. The second-order valence-electron chi connectivity index (χ2n) is 3.61. The second kappa shape index (κ2) is 4.89. The number of hydrogen-bond donors (Lipinski definition) is 2. The number of ether oxygens (including phenoxy) is 1. The van der Waals surface area contributed by atoms with Crippen LogP contribution in [0.25, 0.3) is 5.69 Å². The molecule has 1 heterocycles. The molecule has 94 valence electrons. The Hall–Kier alpha value is -2.34. The van der Waals surface area contributed by atoms with E-state index >= 15 is 0 Å². The summed E-state index contributed by atoms with van der Waals surface area (Å²) in [6, 6.07) is 6.99. The summed E-state index contributed by atoms with van der Waals surface area (Å²) in [7, 11) is 1.56. The third-order valence-electron chi connectivity index (χ3n) is 2.50. The molecule has 0 saturated heterocycles. The SMILES string of the molecule is COc1ccc(-n2cc(CO)c(C(=O)O)n2)cc1. The largest absolute Gasteiger partial charge is 0.497 e. The zero-order valence-electron chi connectivity index (χ0n) is 9.70. The summed E-state index contributed by atoms with van der Waals surface area (Å²) in [6.07, 6.45) is 1.49. The van der Waals surface area contributed by atoms with Crippen LogP contribution >= 0.6 is 0 Å². The number of aromatic nitrogens is 2. The van der Waals surface area contributed by atoms with Crippen LogP contribution in [0.2, 0.25) is 0 Å². The zero-order chi connectivity index (χ0) is 13.1. The van der Waals surface area contributed by atoms with E-state index in [1.54, 1.807) is 31.4 Å². The van der Waals surface area contributed by atoms with Crippen molar-refractivity contribution in [2.45, 2.75) is 6.61 Å². The highest BCUT2D eigenvalue weighted by atomic mass is 16.5. The number of aliphatic hydroxyl groups is 1. The lowest BCUT2D eigenvalue weighted by Crippen LogP contribution is -2.02. The fourth-order valence-corrected chi connectivity index (χ4v) is 1.57. The topological polar surface area (TPSA) is 84.6 Å². The maximum Gasteiger partial charge on any atom is 0.356 e. The number of aromatic carboxylic acids is 1. The predicted octanol–water partition coefficient (Wildman–Crippen LogP) is 1.07. The number of carboxylic acid groups (broad SMARTS) is 1. The number of methoxy groups -OCH3 is 1. The molecule has 0 unspecified atom stereocenters. The summed E-state index contributed by atoms with van der Waals surface area (Å²) in [6.45, 7) is -0.363. The lowest BCUT2D eigenvalue weighted by Gasteiger charge is -2.02. The zero-order valence-corrected chi connectivity index (χ0v) is 9.70. The van der Waals surface area contributed by atoms with Gasteiger partial charge in [-0.1, -0.05) is 0 Å². The van der Waals surface area contributed by atoms with Crippen molar-refractivity contribution in [3.05, 3.63) is 41.7 Å². The van der Waals surface area contributed by atoms with Crippen molar-refractivity contribution in [1.29, 1.82) is 0 Å². The van der Waals surface area contributed by atoms with E-state index in [4.69, 9.17) is 14.9 Å². The van der Waals surface area contributed by atoms with Gasteiger partial charge in [-0.05, 0) is 24.3 Å². The maximum absolute atomic E-state index is 10.9. The lowest BCUT2D eigenvalue weighted by atomic mass is 10.2. The van der Waals surface area contributed by atoms with Crippen molar-refractivity contribution in [2.75, 3.05) is 7.11 Å². The van der Waals surface area contributed by atoms with Crippen molar-refractivity contribution in [2.24, 2.45) is 0 Å². The average Bonchev–Trinajstić information content (AvgIpc) is 2.83. The molecule has 6 nitrogen and oxygen atoms in total. The fourth-order valence-electron chi connectivity index (χ4n) is 1.57. The number of rotatable bonds is 4. The summed E-state index contributed by atoms with van der Waals surface area (Å²) >= 11 is 0. The number of aliphatic hydroxyl groups excluding tert-OH is 1. The molecule has 18 heavy (non-hydrogen) atoms. The molecule has 0 spiro atoms. The van der Waals surface area contributed by atoms with Gasteiger partial charge in [-0.3, -0.25) is 0 Å². The van der Waals surface area contributed by atoms with Crippen LogP contribution in [0.15, 0.2) is 30.5 Å². The Bertz CT molecular complexity index is 560. The molecule has 0 aliphatic rings. The van der Waals surface area contributed by atoms with Crippen molar-refractivity contribution in [3.8, 4) is 11.4 Å². The van der Waals surface area contributed by atoms with E-state index in [1.807, 2.05) is 0 Å². The van der Waals surface area contributed by atoms with Gasteiger partial charge in [0.15, 0.2) is 5.69 Å². The van der Waals surface area contributed by atoms with Crippen LogP contribution in [0, 0.1) is 0 Å². The van der Waals surface area contributed by atoms with E-state index in [2.05, 4.69) is 5.10 Å². The van der Waals surface area contributed by atoms with E-state index in [0.29, 0.717) is 11.4 Å². The predicted molar refractivity (Wildman–Crippen MR) is 63.0 cm³/mol. The first-order chi connectivity index (χ1) is 8.65. The van der Waals surface area contributed by atoms with Crippen molar-refractivity contribution < 1.29 is 19.7 Å². The standard InChI is InChI=1S/C12H12N2O4/c1-18-10-4-2-9(3-5-10)14-6-8(7-15)11(13-14)12(16)17/h2-6,15H,7H2,1H3,(H,16,17). The van der Waals surface area contributed by atoms with E-state index < -0.39 is 5.97 Å². The third-order valence-corrected chi connectivity index (χ3v) is 2.50. The molecule has 0 amide bonds. The quantitative estimate of drug-likeness (QED) is 0.845. The number of nitrogens with zero attached hydrogens (tertiary/aromatic N) is 2. The summed E-state index contributed by atoms with van der Waals surface area (Å²) in [5.41, 5.74) is 0.824. The van der Waals surface area contributed by atoms with Gasteiger partial charge in [0, 0.05) is 11.8 Å². The van der Waals surface area contributed by atoms with Gasteiger partial charge in [-0.2, -0.15) is 5.10 Å². The molecule has 6 heteroatoms. The van der Waals surface area contributed by atoms with Crippen LogP contribution in [-0.4, -0.2) is 33.1 Å². The minimum Gasteiger partial charge on any atom is -0.497 e. The van der Waals surface area contributed by atoms with Crippen molar-refractivity contribution in [1.82, 2.24) is 9.78 Å². The number of hydrogen-bond acceptors (Lipinski definition) is 4. The van der Waals surface area contributed by atoms with E-state index in [9.17, 15) is 4.79 Å². The fraction of sp³-hybridized carbons (Fsp3) is 0.167. The van der Waals surface area contributed by atoms with Crippen LogP contribution in [0.1, 0.15) is 16.1 Å². The Labute approximate surface area is 103 Å². The molecular weight excluding hydrogens is 236 g/mol. The highest BCUT2D eigenvalue weighted by Crippen LogP contribution is 2.16. The van der Waals surface area contributed by atoms with Gasteiger partial charge in [0.1, 0.15) is 5.75 Å². The smallest absolute Gasteiger partial charge is 0.356 e. The number of carboxylic acids is 1. The molecule has 2 rings (SSSR count). The van der Waals surface area contributed by atoms with E-state index in [-0.39, 0.29) is 17.9 Å². The van der Waals surface area contributed by atoms with Crippen molar-refractivity contribution in [3.63, 3.8) is 0 Å². The van der Waals surface area contributed by atoms with E-state index in [0.717, 1.165) is 0 Å². The van der Waals surface area contributed by atoms with Gasteiger partial charge in [-0.15, -0.1) is 0 Å². The van der Waals surface area contributed by atoms with Crippen LogP contribution < -0.4 is 4.74 Å². The Balaban J connectivity index is 2.40. The Morgan fingerprint density at radius 3 is 2.50 bits per heavy atom. The number of carbonyl (C=O) groups is 1. The molecule has 0 aliphatic carbocycles. The minimum absolute atomic E-state index is 0.145. The Morgan fingerprint density at radius 1 is 1.39 bits per heavy atom. The summed E-state index contributed by atoms with van der Waals surface area (Å²) in [4.78, 5) is 10.9. The van der Waals surface area contributed by atoms with E-state index in [1.165, 1.54) is 10.9 Å². The molecular formula is C12H12N2O4. The molecule has 0 bridgehead atoms. The van der Waals surface area contributed by atoms with Crippen molar-refractivity contribution >= 4 is 5.97 Å². The summed E-state index contributed by atoms with van der Waals surface area (Å²) in [5.74, 6) is -0.460. The van der Waals surface area contributed by atoms with Crippen LogP contribution in [0.4, 0.5) is 0 Å². The highest BCUT2D eigenvalue weighted by molar-refractivity contribution is 5.87. The molecule has 0 atom stereocenters. The van der Waals surface area contributed by atoms with Gasteiger partial charge in [-0.25, -0.2) is 9.48 Å². The molecule has 1 aromatic heterocycles. The second-order valence-corrected chi connectivity index (χ2v) is 3.61. The van der Waals surface area contributed by atoms with Gasteiger partial charge in [0.05, 0.1) is 19.4 Å². The first-order valence-corrected chi connectivity index (χ1v) is 5.23. The molecule has 0 aliphatic heterocycles. The Kier molecular flexibility index (Phi) is 3.29. The van der Waals surface area contributed by atoms with Gasteiger partial charge >= 0.3 is 5.97 Å². The third kappa shape index (κ3) is 2.18. The molecule has 0 fully saturated rings. The first kappa shape index (κ1) is 12.1. The molecule has 2 N–H and O–H groups in total. The van der Waals surface area contributed by atoms with Crippen LogP contribution in [-0.2, 0) is 6.61 Å². The molecule has 2 aromatic rings. The normalized spacial score (nSPS) is 10.3. The summed E-state index contributed by atoms with van der Waals surface area (Å²) in [5, 5.41) is 21.9. The van der Waals surface area contributed by atoms with Gasteiger partial charge in [0.2, 0.25) is 0 Å². The minimum atomic E-state index is -1.16. The highest BCUT2D eigenvalue weighted by Gasteiger charge is 2.15. The maximum atomic E-state index is 10.9. The average molecular weight is 248 g/mol. The number of benzene rings is 1. The summed E-state index contributed by atoms with van der Waals surface area (Å²) < 4.78 is 6.44. The van der Waals surface area contributed by atoms with Gasteiger partial charge < -0.3 is 14.9 Å². The Morgan fingerprint density at radius 2 is 2.06 bits per heavy atom.